The van der Waals surface area contributed by atoms with Crippen LogP contribution in [0.4, 0.5) is 0 Å². The van der Waals surface area contributed by atoms with Crippen LogP contribution in [0.15, 0.2) is 36.8 Å². The van der Waals surface area contributed by atoms with Crippen molar-refractivity contribution in [3.8, 4) is 0 Å². The van der Waals surface area contributed by atoms with E-state index in [1.54, 1.807) is 6.33 Å². The van der Waals surface area contributed by atoms with Gasteiger partial charge in [0.05, 0.1) is 31.1 Å². The molecule has 0 amide bonds. The predicted molar refractivity (Wildman–Crippen MR) is 110 cm³/mol. The summed E-state index contributed by atoms with van der Waals surface area (Å²) >= 11 is 0. The first-order chi connectivity index (χ1) is 14.6. The Morgan fingerprint density at radius 1 is 1.20 bits per heavy atom. The van der Waals surface area contributed by atoms with Crippen molar-refractivity contribution in [2.75, 3.05) is 19.8 Å². The summed E-state index contributed by atoms with van der Waals surface area (Å²) in [6, 6.07) is 7.92. The molecule has 1 aromatic carbocycles. The molecule has 2 heterocycles. The summed E-state index contributed by atoms with van der Waals surface area (Å²) in [5.41, 5.74) is 3.89. The molecular weight excluding hydrogens is 380 g/mol. The molecule has 6 heteroatoms. The minimum absolute atomic E-state index is 0.232. The van der Waals surface area contributed by atoms with Gasteiger partial charge in [0.2, 0.25) is 0 Å². The molecule has 5 rings (SSSR count). The zero-order valence-electron chi connectivity index (χ0n) is 17.6. The fourth-order valence-electron chi connectivity index (χ4n) is 6.05. The Balaban J connectivity index is 1.61. The second-order valence-electron chi connectivity index (χ2n) is 8.61. The molecule has 1 saturated carbocycles. The van der Waals surface area contributed by atoms with Crippen LogP contribution in [0.3, 0.4) is 0 Å². The zero-order chi connectivity index (χ0) is 20.8. The van der Waals surface area contributed by atoms with Gasteiger partial charge in [-0.15, -0.1) is 0 Å². The monoisotopic (exact) mass is 408 g/mol. The van der Waals surface area contributed by atoms with E-state index in [1.807, 2.05) is 25.3 Å². The molecule has 2 fully saturated rings. The van der Waals surface area contributed by atoms with E-state index in [-0.39, 0.29) is 17.3 Å². The Bertz CT molecular complexity index is 938. The molecule has 1 aliphatic heterocycles. The molecule has 0 N–H and O–H groups in total. The van der Waals surface area contributed by atoms with Gasteiger partial charge < -0.3 is 14.2 Å². The van der Waals surface area contributed by atoms with Gasteiger partial charge in [0.1, 0.15) is 6.33 Å². The second kappa shape index (κ2) is 7.43. The molecule has 0 radical (unpaired) electrons. The van der Waals surface area contributed by atoms with Gasteiger partial charge in [-0.05, 0) is 55.4 Å². The third kappa shape index (κ3) is 2.81. The van der Waals surface area contributed by atoms with Crippen LogP contribution >= 0.6 is 0 Å². The van der Waals surface area contributed by atoms with Gasteiger partial charge in [0.15, 0.2) is 5.79 Å². The molecule has 1 aromatic heterocycles. The van der Waals surface area contributed by atoms with Crippen LogP contribution in [0.1, 0.15) is 60.3 Å². The molecule has 3 aliphatic rings. The minimum Gasteiger partial charge on any atom is -0.462 e. The normalized spacial score (nSPS) is 29.3. The van der Waals surface area contributed by atoms with Crippen molar-refractivity contribution >= 4 is 5.97 Å². The number of ether oxygens (including phenoxy) is 3. The van der Waals surface area contributed by atoms with Gasteiger partial charge in [-0.1, -0.05) is 19.1 Å². The molecule has 30 heavy (non-hydrogen) atoms. The Kier molecular flexibility index (Phi) is 4.86. The summed E-state index contributed by atoms with van der Waals surface area (Å²) in [5.74, 6) is -0.196. The molecule has 3 atom stereocenters. The summed E-state index contributed by atoms with van der Waals surface area (Å²) in [5, 5.41) is 0. The number of rotatable bonds is 3. The standard InChI is InChI=1S/C24H28N2O4/c1-3-28-22(27)17-4-7-19(8-5-17)23-10-11-24(29-12-13-30-24)16(2)20(23)9-6-18-14-25-15-26-21(18)23/h4-5,7-8,14-16,20H,3,6,9-13H2,1-2H3/t16-,20-,23+/m0/s1. The van der Waals surface area contributed by atoms with Gasteiger partial charge in [-0.3, -0.25) is 0 Å². The number of nitrogens with zero attached hydrogens (tertiary/aromatic N) is 2. The number of hydrogen-bond donors (Lipinski definition) is 0. The number of benzene rings is 1. The van der Waals surface area contributed by atoms with Crippen molar-refractivity contribution in [1.29, 1.82) is 0 Å². The smallest absolute Gasteiger partial charge is 0.338 e. The van der Waals surface area contributed by atoms with Gasteiger partial charge in [-0.2, -0.15) is 0 Å². The second-order valence-corrected chi connectivity index (χ2v) is 8.61. The van der Waals surface area contributed by atoms with Gasteiger partial charge in [-0.25, -0.2) is 14.8 Å². The quantitative estimate of drug-likeness (QED) is 0.722. The molecule has 2 aromatic rings. The van der Waals surface area contributed by atoms with Crippen LogP contribution in [0, 0.1) is 11.8 Å². The highest BCUT2D eigenvalue weighted by molar-refractivity contribution is 5.89. The lowest BCUT2D eigenvalue weighted by molar-refractivity contribution is -0.232. The third-order valence-corrected chi connectivity index (χ3v) is 7.42. The number of carbonyl (C=O) groups excluding carboxylic acids is 1. The van der Waals surface area contributed by atoms with Crippen molar-refractivity contribution in [2.24, 2.45) is 11.8 Å². The van der Waals surface area contributed by atoms with Crippen molar-refractivity contribution in [2.45, 2.75) is 50.7 Å². The molecular formula is C24H28N2O4. The van der Waals surface area contributed by atoms with Crippen molar-refractivity contribution in [3.05, 3.63) is 59.2 Å². The number of aryl methyl sites for hydroxylation is 1. The average molecular weight is 408 g/mol. The summed E-state index contributed by atoms with van der Waals surface area (Å²) in [4.78, 5) is 21.2. The van der Waals surface area contributed by atoms with Gasteiger partial charge in [0, 0.05) is 24.0 Å². The average Bonchev–Trinajstić information content (AvgIpc) is 3.26. The van der Waals surface area contributed by atoms with Gasteiger partial charge in [0.25, 0.3) is 0 Å². The maximum atomic E-state index is 12.2. The van der Waals surface area contributed by atoms with Crippen molar-refractivity contribution < 1.29 is 19.0 Å². The van der Waals surface area contributed by atoms with E-state index in [1.165, 1.54) is 11.1 Å². The van der Waals surface area contributed by atoms with E-state index in [0.29, 0.717) is 31.3 Å². The van der Waals surface area contributed by atoms with Gasteiger partial charge >= 0.3 is 5.97 Å². The Hall–Kier alpha value is -2.31. The number of aromatic nitrogens is 2. The first kappa shape index (κ1) is 19.6. The highest BCUT2D eigenvalue weighted by Crippen LogP contribution is 2.59. The number of esters is 1. The molecule has 2 aliphatic carbocycles. The Morgan fingerprint density at radius 3 is 2.70 bits per heavy atom. The minimum atomic E-state index is -0.483. The third-order valence-electron chi connectivity index (χ3n) is 7.42. The van der Waals surface area contributed by atoms with Crippen LogP contribution in [0.25, 0.3) is 0 Å². The molecule has 1 spiro atoms. The lowest BCUT2D eigenvalue weighted by Crippen LogP contribution is -2.57. The highest BCUT2D eigenvalue weighted by Gasteiger charge is 2.59. The van der Waals surface area contributed by atoms with Crippen LogP contribution in [0.5, 0.6) is 0 Å². The maximum absolute atomic E-state index is 12.2. The lowest BCUT2D eigenvalue weighted by Gasteiger charge is -2.55. The van der Waals surface area contributed by atoms with Crippen LogP contribution in [-0.2, 0) is 26.0 Å². The molecule has 158 valence electrons. The highest BCUT2D eigenvalue weighted by atomic mass is 16.7. The van der Waals surface area contributed by atoms with E-state index < -0.39 is 5.79 Å². The number of carbonyl (C=O) groups is 1. The molecule has 1 saturated heterocycles. The van der Waals surface area contributed by atoms with E-state index in [2.05, 4.69) is 24.0 Å². The van der Waals surface area contributed by atoms with Crippen molar-refractivity contribution in [1.82, 2.24) is 9.97 Å². The molecule has 0 unspecified atom stereocenters. The fourth-order valence-corrected chi connectivity index (χ4v) is 6.05. The SMILES string of the molecule is CCOC(=O)c1ccc([C@]23CCC4(OCCO4)[C@@H](C)[C@@H]2CCc2cncnc23)cc1. The van der Waals surface area contributed by atoms with E-state index in [0.717, 1.165) is 31.4 Å². The largest absolute Gasteiger partial charge is 0.462 e. The first-order valence-corrected chi connectivity index (χ1v) is 11.0. The summed E-state index contributed by atoms with van der Waals surface area (Å²) in [7, 11) is 0. The lowest BCUT2D eigenvalue weighted by atomic mass is 9.52. The topological polar surface area (TPSA) is 70.5 Å². The summed E-state index contributed by atoms with van der Waals surface area (Å²) < 4.78 is 17.5. The molecule has 6 nitrogen and oxygen atoms in total. The maximum Gasteiger partial charge on any atom is 0.338 e. The van der Waals surface area contributed by atoms with Crippen LogP contribution < -0.4 is 0 Å². The Labute approximate surface area is 177 Å². The zero-order valence-corrected chi connectivity index (χ0v) is 17.6. The number of hydrogen-bond acceptors (Lipinski definition) is 6. The summed E-state index contributed by atoms with van der Waals surface area (Å²) in [6.45, 7) is 5.79. The number of fused-ring (bicyclic) bond motifs is 3. The fraction of sp³-hybridized carbons (Fsp3) is 0.542. The molecule has 0 bridgehead atoms. The van der Waals surface area contributed by atoms with E-state index >= 15 is 0 Å². The van der Waals surface area contributed by atoms with Crippen LogP contribution in [0.2, 0.25) is 0 Å². The Morgan fingerprint density at radius 2 is 1.97 bits per heavy atom. The van der Waals surface area contributed by atoms with Crippen molar-refractivity contribution in [3.63, 3.8) is 0 Å². The van der Waals surface area contributed by atoms with Crippen LogP contribution in [-0.4, -0.2) is 41.5 Å². The van der Waals surface area contributed by atoms with E-state index in [9.17, 15) is 4.79 Å². The summed E-state index contributed by atoms with van der Waals surface area (Å²) in [6.07, 6.45) is 7.34. The first-order valence-electron chi connectivity index (χ1n) is 11.0. The van der Waals surface area contributed by atoms with E-state index in [4.69, 9.17) is 19.2 Å². The predicted octanol–water partition coefficient (Wildman–Crippen LogP) is 3.67.